The van der Waals surface area contributed by atoms with Crippen molar-refractivity contribution in [3.05, 3.63) is 71.3 Å². The van der Waals surface area contributed by atoms with Gasteiger partial charge in [-0.15, -0.1) is 0 Å². The van der Waals surface area contributed by atoms with E-state index in [4.69, 9.17) is 14.4 Å². The van der Waals surface area contributed by atoms with Gasteiger partial charge in [0.2, 0.25) is 0 Å². The molecule has 0 fully saturated rings. The Hall–Kier alpha value is -3.53. The second-order valence-electron chi connectivity index (χ2n) is 5.23. The lowest BCUT2D eigenvalue weighted by Gasteiger charge is -2.05. The molecule has 0 bridgehead atoms. The predicted molar refractivity (Wildman–Crippen MR) is 93.5 cm³/mol. The Morgan fingerprint density at radius 3 is 2.62 bits per heavy atom. The highest BCUT2D eigenvalue weighted by molar-refractivity contribution is 5.97. The third-order valence-electron chi connectivity index (χ3n) is 3.39. The van der Waals surface area contributed by atoms with Crippen molar-refractivity contribution in [2.45, 2.75) is 20.0 Å². The van der Waals surface area contributed by atoms with Gasteiger partial charge in [0.15, 0.2) is 0 Å². The van der Waals surface area contributed by atoms with Crippen molar-refractivity contribution < 1.29 is 18.7 Å². The van der Waals surface area contributed by atoms with E-state index in [0.717, 1.165) is 5.56 Å². The Balaban J connectivity index is 1.85. The number of esters is 1. The first kappa shape index (κ1) is 18.8. The first-order valence-corrected chi connectivity index (χ1v) is 8.04. The number of rotatable bonds is 8. The van der Waals surface area contributed by atoms with E-state index in [1.54, 1.807) is 43.3 Å². The molecule has 1 heterocycles. The Morgan fingerprint density at radius 1 is 1.23 bits per heavy atom. The summed E-state index contributed by atoms with van der Waals surface area (Å²) in [6.45, 7) is 2.69. The number of amides is 1. The number of hydrogen-bond acceptors (Lipinski definition) is 6. The Morgan fingerprint density at radius 2 is 2.00 bits per heavy atom. The van der Waals surface area contributed by atoms with Crippen LogP contribution < -0.4 is 10.6 Å². The first-order chi connectivity index (χ1) is 12.6. The molecule has 0 spiro atoms. The summed E-state index contributed by atoms with van der Waals surface area (Å²) in [5.41, 5.74) is 1.32. The molecule has 0 aliphatic carbocycles. The number of hydrogen-bond donors (Lipinski definition) is 2. The van der Waals surface area contributed by atoms with E-state index in [9.17, 15) is 9.59 Å². The second kappa shape index (κ2) is 9.69. The zero-order valence-corrected chi connectivity index (χ0v) is 14.3. The summed E-state index contributed by atoms with van der Waals surface area (Å²) in [4.78, 5) is 23.5. The molecule has 1 amide bonds. The number of furan rings is 1. The van der Waals surface area contributed by atoms with Gasteiger partial charge in [0.1, 0.15) is 17.4 Å². The summed E-state index contributed by atoms with van der Waals surface area (Å²) in [5, 5.41) is 14.6. The molecule has 0 unspecified atom stereocenters. The number of ether oxygens (including phenoxy) is 1. The molecule has 0 aliphatic rings. The van der Waals surface area contributed by atoms with Crippen molar-refractivity contribution in [3.63, 3.8) is 0 Å². The average Bonchev–Trinajstić information content (AvgIpc) is 3.17. The van der Waals surface area contributed by atoms with Crippen LogP contribution in [0.15, 0.2) is 58.9 Å². The summed E-state index contributed by atoms with van der Waals surface area (Å²) in [7, 11) is 0. The minimum Gasteiger partial charge on any atom is -0.467 e. The monoisotopic (exact) mass is 353 g/mol. The number of carbonyl (C=O) groups excluding carboxylic acids is 2. The van der Waals surface area contributed by atoms with Crippen LogP contribution in [0.3, 0.4) is 0 Å². The molecule has 134 valence electrons. The molecule has 0 atom stereocenters. The van der Waals surface area contributed by atoms with Gasteiger partial charge in [-0.05, 0) is 36.8 Å². The lowest BCUT2D eigenvalue weighted by atomic mass is 10.1. The van der Waals surface area contributed by atoms with E-state index in [1.165, 1.54) is 12.5 Å². The number of nitriles is 1. The van der Waals surface area contributed by atoms with Crippen LogP contribution in [-0.2, 0) is 22.6 Å². The van der Waals surface area contributed by atoms with Gasteiger partial charge in [0.05, 0.1) is 25.0 Å². The second-order valence-corrected chi connectivity index (χ2v) is 5.23. The summed E-state index contributed by atoms with van der Waals surface area (Å²) >= 11 is 0. The van der Waals surface area contributed by atoms with Gasteiger partial charge in [0, 0.05) is 12.7 Å². The summed E-state index contributed by atoms with van der Waals surface area (Å²) < 4.78 is 10.0. The molecule has 1 aromatic heterocycles. The maximum absolute atomic E-state index is 12.0. The van der Waals surface area contributed by atoms with Crippen LogP contribution in [0.25, 0.3) is 0 Å². The fraction of sp³-hybridized carbons (Fsp3) is 0.211. The Bertz CT molecular complexity index is 802. The fourth-order valence-electron chi connectivity index (χ4n) is 2.07. The summed E-state index contributed by atoms with van der Waals surface area (Å²) in [6, 6.07) is 12.2. The SMILES string of the molecule is CCOC(=O)c1ccc(CN/C=C(/C#N)C(=O)NCc2ccco2)cc1. The van der Waals surface area contributed by atoms with Crippen molar-refractivity contribution >= 4 is 11.9 Å². The summed E-state index contributed by atoms with van der Waals surface area (Å²) in [6.07, 6.45) is 2.87. The van der Waals surface area contributed by atoms with Gasteiger partial charge >= 0.3 is 5.97 Å². The fourth-order valence-corrected chi connectivity index (χ4v) is 2.07. The van der Waals surface area contributed by atoms with Crippen LogP contribution in [0.4, 0.5) is 0 Å². The molecule has 2 aromatic rings. The van der Waals surface area contributed by atoms with Crippen molar-refractivity contribution in [1.29, 1.82) is 5.26 Å². The number of nitrogens with zero attached hydrogens (tertiary/aromatic N) is 1. The minimum atomic E-state index is -0.492. The molecule has 0 radical (unpaired) electrons. The van der Waals surface area contributed by atoms with Gasteiger partial charge in [-0.3, -0.25) is 4.79 Å². The van der Waals surface area contributed by atoms with Crippen LogP contribution in [0.2, 0.25) is 0 Å². The Kier molecular flexibility index (Phi) is 7.01. The molecule has 2 rings (SSSR count). The van der Waals surface area contributed by atoms with Gasteiger partial charge in [-0.2, -0.15) is 5.26 Å². The van der Waals surface area contributed by atoms with E-state index in [0.29, 0.717) is 24.5 Å². The normalized spacial score (nSPS) is 10.7. The minimum absolute atomic E-state index is 0.0419. The van der Waals surface area contributed by atoms with E-state index in [2.05, 4.69) is 10.6 Å². The third-order valence-corrected chi connectivity index (χ3v) is 3.39. The van der Waals surface area contributed by atoms with Gasteiger partial charge in [-0.25, -0.2) is 4.79 Å². The molecule has 26 heavy (non-hydrogen) atoms. The lowest BCUT2D eigenvalue weighted by Crippen LogP contribution is -2.25. The molecule has 0 aliphatic heterocycles. The van der Waals surface area contributed by atoms with Gasteiger partial charge in [0.25, 0.3) is 5.91 Å². The zero-order chi connectivity index (χ0) is 18.8. The molecule has 0 saturated heterocycles. The molecule has 0 saturated carbocycles. The molecular weight excluding hydrogens is 334 g/mol. The molecule has 7 nitrogen and oxygen atoms in total. The first-order valence-electron chi connectivity index (χ1n) is 8.04. The van der Waals surface area contributed by atoms with Crippen LogP contribution >= 0.6 is 0 Å². The summed E-state index contributed by atoms with van der Waals surface area (Å²) in [5.74, 6) is -0.258. The van der Waals surface area contributed by atoms with Crippen molar-refractivity contribution in [2.24, 2.45) is 0 Å². The third kappa shape index (κ3) is 5.53. The molecule has 7 heteroatoms. The maximum atomic E-state index is 12.0. The van der Waals surface area contributed by atoms with E-state index >= 15 is 0 Å². The highest BCUT2D eigenvalue weighted by Crippen LogP contribution is 2.06. The van der Waals surface area contributed by atoms with Crippen LogP contribution in [-0.4, -0.2) is 18.5 Å². The van der Waals surface area contributed by atoms with Crippen LogP contribution in [0.1, 0.15) is 28.6 Å². The smallest absolute Gasteiger partial charge is 0.338 e. The maximum Gasteiger partial charge on any atom is 0.338 e. The quantitative estimate of drug-likeness (QED) is 0.429. The van der Waals surface area contributed by atoms with Crippen LogP contribution in [0, 0.1) is 11.3 Å². The van der Waals surface area contributed by atoms with Crippen molar-refractivity contribution in [3.8, 4) is 6.07 Å². The van der Waals surface area contributed by atoms with E-state index in [-0.39, 0.29) is 18.1 Å². The van der Waals surface area contributed by atoms with E-state index in [1.807, 2.05) is 6.07 Å². The van der Waals surface area contributed by atoms with Gasteiger partial charge in [-0.1, -0.05) is 12.1 Å². The molecule has 2 N–H and O–H groups in total. The zero-order valence-electron chi connectivity index (χ0n) is 14.3. The highest BCUT2D eigenvalue weighted by Gasteiger charge is 2.09. The number of nitrogens with one attached hydrogen (secondary N) is 2. The van der Waals surface area contributed by atoms with Crippen molar-refractivity contribution in [2.75, 3.05) is 6.61 Å². The lowest BCUT2D eigenvalue weighted by molar-refractivity contribution is -0.117. The standard InChI is InChI=1S/C19H19N3O4/c1-2-25-19(24)15-7-5-14(6-8-15)11-21-12-16(10-20)18(23)22-13-17-4-3-9-26-17/h3-9,12,21H,2,11,13H2,1H3,(H,22,23)/b16-12-. The number of benzene rings is 1. The highest BCUT2D eigenvalue weighted by atomic mass is 16.5. The molecular formula is C19H19N3O4. The number of carbonyl (C=O) groups is 2. The molecule has 1 aromatic carbocycles. The predicted octanol–water partition coefficient (Wildman–Crippen LogP) is 2.27. The topological polar surface area (TPSA) is 104 Å². The van der Waals surface area contributed by atoms with E-state index < -0.39 is 5.91 Å². The Labute approximate surface area is 151 Å². The average molecular weight is 353 g/mol. The van der Waals surface area contributed by atoms with Gasteiger partial charge < -0.3 is 19.8 Å². The van der Waals surface area contributed by atoms with Crippen molar-refractivity contribution in [1.82, 2.24) is 10.6 Å². The van der Waals surface area contributed by atoms with Crippen LogP contribution in [0.5, 0.6) is 0 Å². The largest absolute Gasteiger partial charge is 0.467 e.